The predicted molar refractivity (Wildman–Crippen MR) is 139 cm³/mol. The Morgan fingerprint density at radius 2 is 1.68 bits per heavy atom. The summed E-state index contributed by atoms with van der Waals surface area (Å²) in [5.41, 5.74) is 1.74. The first kappa shape index (κ1) is 26.6. The molecule has 38 heavy (non-hydrogen) atoms. The number of hydrogen-bond acceptors (Lipinski definition) is 8. The van der Waals surface area contributed by atoms with Gasteiger partial charge in [0.05, 0.1) is 25.2 Å². The van der Waals surface area contributed by atoms with Gasteiger partial charge in [0, 0.05) is 35.2 Å². The number of carbonyl (C=O) groups is 1. The fourth-order valence-corrected chi connectivity index (χ4v) is 4.55. The predicted octanol–water partition coefficient (Wildman–Crippen LogP) is 5.12. The van der Waals surface area contributed by atoms with Gasteiger partial charge in [-0.1, -0.05) is 23.9 Å². The monoisotopic (exact) mass is 537 g/mol. The summed E-state index contributed by atoms with van der Waals surface area (Å²) in [6.07, 6.45) is 0. The molecule has 1 amide bonds. The van der Waals surface area contributed by atoms with Crippen molar-refractivity contribution in [3.05, 3.63) is 99.6 Å². The van der Waals surface area contributed by atoms with E-state index in [1.165, 1.54) is 50.2 Å². The zero-order chi connectivity index (χ0) is 27.2. The van der Waals surface area contributed by atoms with Crippen LogP contribution >= 0.6 is 11.8 Å². The van der Waals surface area contributed by atoms with Crippen molar-refractivity contribution in [2.75, 3.05) is 14.2 Å². The van der Waals surface area contributed by atoms with Crippen LogP contribution in [0, 0.1) is 15.9 Å². The highest BCUT2D eigenvalue weighted by Crippen LogP contribution is 2.29. The molecule has 1 aromatic heterocycles. The number of nitro groups is 1. The van der Waals surface area contributed by atoms with Crippen molar-refractivity contribution in [2.45, 2.75) is 23.9 Å². The van der Waals surface area contributed by atoms with E-state index in [4.69, 9.17) is 9.47 Å². The second-order valence-corrected chi connectivity index (χ2v) is 9.10. The summed E-state index contributed by atoms with van der Waals surface area (Å²) in [6.45, 7) is 1.76. The lowest BCUT2D eigenvalue weighted by Gasteiger charge is -2.17. The third kappa shape index (κ3) is 6.09. The third-order valence-electron chi connectivity index (χ3n) is 5.61. The number of non-ortho nitro benzene ring substituents is 1. The molecule has 0 radical (unpaired) electrons. The van der Waals surface area contributed by atoms with Gasteiger partial charge in [-0.2, -0.15) is 0 Å². The Morgan fingerprint density at radius 1 is 1.05 bits per heavy atom. The van der Waals surface area contributed by atoms with Crippen molar-refractivity contribution in [1.82, 2.24) is 20.1 Å². The highest BCUT2D eigenvalue weighted by molar-refractivity contribution is 7.98. The van der Waals surface area contributed by atoms with Crippen molar-refractivity contribution < 1.29 is 23.6 Å². The van der Waals surface area contributed by atoms with Crippen LogP contribution in [0.5, 0.6) is 11.5 Å². The van der Waals surface area contributed by atoms with E-state index in [0.29, 0.717) is 39.5 Å². The van der Waals surface area contributed by atoms with E-state index in [1.807, 2.05) is 0 Å². The summed E-state index contributed by atoms with van der Waals surface area (Å²) in [6, 6.07) is 16.3. The molecule has 4 rings (SSSR count). The molecule has 0 bridgehead atoms. The number of thioether (sulfide) groups is 1. The largest absolute Gasteiger partial charge is 0.497 e. The minimum absolute atomic E-state index is 0.0581. The van der Waals surface area contributed by atoms with Crippen LogP contribution in [0.4, 0.5) is 10.1 Å². The van der Waals surface area contributed by atoms with Crippen molar-refractivity contribution in [3.8, 4) is 17.2 Å². The van der Waals surface area contributed by atoms with Gasteiger partial charge in [-0.05, 0) is 48.9 Å². The average Bonchev–Trinajstić information content (AvgIpc) is 3.36. The van der Waals surface area contributed by atoms with Crippen molar-refractivity contribution in [1.29, 1.82) is 0 Å². The lowest BCUT2D eigenvalue weighted by molar-refractivity contribution is -0.384. The van der Waals surface area contributed by atoms with Crippen LogP contribution in [-0.2, 0) is 5.75 Å². The first-order valence-electron chi connectivity index (χ1n) is 11.4. The quantitative estimate of drug-likeness (QED) is 0.168. The summed E-state index contributed by atoms with van der Waals surface area (Å²) in [4.78, 5) is 23.8. The number of halogens is 1. The molecule has 12 heteroatoms. The van der Waals surface area contributed by atoms with Crippen molar-refractivity contribution in [2.24, 2.45) is 0 Å². The number of hydrogen-bond donors (Lipinski definition) is 1. The number of carbonyl (C=O) groups excluding carboxylic acids is 1. The molecule has 0 spiro atoms. The molecule has 0 saturated heterocycles. The van der Waals surface area contributed by atoms with Crippen molar-refractivity contribution >= 4 is 23.4 Å². The van der Waals surface area contributed by atoms with Crippen LogP contribution in [0.15, 0.2) is 71.9 Å². The molecule has 0 aliphatic heterocycles. The van der Waals surface area contributed by atoms with E-state index in [0.717, 1.165) is 5.56 Å². The lowest BCUT2D eigenvalue weighted by Crippen LogP contribution is -2.28. The minimum atomic E-state index is -0.595. The first-order chi connectivity index (χ1) is 18.3. The normalized spacial score (nSPS) is 11.6. The number of nitrogens with one attached hydrogen (secondary N) is 1. The molecule has 196 valence electrons. The molecule has 1 atom stereocenters. The lowest BCUT2D eigenvalue weighted by atomic mass is 10.1. The third-order valence-corrected chi connectivity index (χ3v) is 6.61. The Bertz CT molecular complexity index is 1420. The number of amides is 1. The second-order valence-electron chi connectivity index (χ2n) is 8.16. The second kappa shape index (κ2) is 11.7. The van der Waals surface area contributed by atoms with Gasteiger partial charge in [0.25, 0.3) is 11.6 Å². The number of methoxy groups -OCH3 is 2. The fourth-order valence-electron chi connectivity index (χ4n) is 3.63. The molecule has 10 nitrogen and oxygen atoms in total. The Labute approximate surface area is 221 Å². The van der Waals surface area contributed by atoms with Crippen LogP contribution in [0.3, 0.4) is 0 Å². The average molecular weight is 538 g/mol. The molecule has 1 heterocycles. The summed E-state index contributed by atoms with van der Waals surface area (Å²) in [5, 5.41) is 23.2. The van der Waals surface area contributed by atoms with Crippen LogP contribution < -0.4 is 14.8 Å². The number of aromatic nitrogens is 3. The SMILES string of the molecule is COc1cc(OC)cc(C(=O)NC(C)c2nnc(SCc3ccc(F)cc3)n2-c2ccc([N+](=O)[O-])cc2)c1. The number of nitrogens with zero attached hydrogens (tertiary/aromatic N) is 4. The van der Waals surface area contributed by atoms with E-state index in [1.54, 1.807) is 54.0 Å². The number of rotatable bonds is 10. The summed E-state index contributed by atoms with van der Waals surface area (Å²) in [7, 11) is 2.99. The molecule has 0 fully saturated rings. The standard InChI is InChI=1S/C26H24FN5O5S/c1-16(28-25(33)18-12-22(36-2)14-23(13-18)37-3)24-29-30-26(38-15-17-4-6-19(27)7-5-17)31(24)20-8-10-21(11-9-20)32(34)35/h4-14,16H,15H2,1-3H3,(H,28,33). The van der Waals surface area contributed by atoms with Gasteiger partial charge in [-0.25, -0.2) is 4.39 Å². The van der Waals surface area contributed by atoms with Gasteiger partial charge in [0.2, 0.25) is 0 Å². The number of benzene rings is 3. The van der Waals surface area contributed by atoms with Gasteiger partial charge in [0.15, 0.2) is 11.0 Å². The molecule has 0 aliphatic carbocycles. The van der Waals surface area contributed by atoms with Gasteiger partial charge in [-0.15, -0.1) is 10.2 Å². The molecule has 4 aromatic rings. The molecule has 1 unspecified atom stereocenters. The number of nitro benzene ring substituents is 1. The Hall–Kier alpha value is -4.45. The topological polar surface area (TPSA) is 121 Å². The Balaban J connectivity index is 1.64. The van der Waals surface area contributed by atoms with Gasteiger partial charge < -0.3 is 14.8 Å². The summed E-state index contributed by atoms with van der Waals surface area (Å²) < 4.78 is 25.5. The van der Waals surface area contributed by atoms with Gasteiger partial charge >= 0.3 is 0 Å². The maximum Gasteiger partial charge on any atom is 0.269 e. The maximum absolute atomic E-state index is 13.3. The van der Waals surface area contributed by atoms with Gasteiger partial charge in [0.1, 0.15) is 17.3 Å². The van der Waals surface area contributed by atoms with Crippen LogP contribution in [0.1, 0.15) is 34.7 Å². The molecule has 1 N–H and O–H groups in total. The minimum Gasteiger partial charge on any atom is -0.497 e. The Morgan fingerprint density at radius 3 is 2.26 bits per heavy atom. The zero-order valence-corrected chi connectivity index (χ0v) is 21.6. The van der Waals surface area contributed by atoms with E-state index in [2.05, 4.69) is 15.5 Å². The van der Waals surface area contributed by atoms with Crippen LogP contribution in [-0.4, -0.2) is 39.8 Å². The fraction of sp³-hybridized carbons (Fsp3) is 0.192. The highest BCUT2D eigenvalue weighted by Gasteiger charge is 2.23. The smallest absolute Gasteiger partial charge is 0.269 e. The summed E-state index contributed by atoms with van der Waals surface area (Å²) in [5.74, 6) is 1.13. The van der Waals surface area contributed by atoms with E-state index >= 15 is 0 Å². The van der Waals surface area contributed by atoms with Crippen molar-refractivity contribution in [3.63, 3.8) is 0 Å². The maximum atomic E-state index is 13.3. The number of ether oxygens (including phenoxy) is 2. The van der Waals surface area contributed by atoms with Gasteiger partial charge in [-0.3, -0.25) is 19.5 Å². The molecule has 0 aliphatic rings. The van der Waals surface area contributed by atoms with E-state index < -0.39 is 11.0 Å². The molecule has 0 saturated carbocycles. The molecular formula is C26H24FN5O5S. The van der Waals surface area contributed by atoms with E-state index in [9.17, 15) is 19.3 Å². The molecular weight excluding hydrogens is 513 g/mol. The van der Waals surface area contributed by atoms with Crippen LogP contribution in [0.25, 0.3) is 5.69 Å². The Kier molecular flexibility index (Phi) is 8.22. The first-order valence-corrected chi connectivity index (χ1v) is 12.4. The highest BCUT2D eigenvalue weighted by atomic mass is 32.2. The zero-order valence-electron chi connectivity index (χ0n) is 20.8. The summed E-state index contributed by atoms with van der Waals surface area (Å²) >= 11 is 1.36. The molecule has 3 aromatic carbocycles. The van der Waals surface area contributed by atoms with E-state index in [-0.39, 0.29) is 17.4 Å². The van der Waals surface area contributed by atoms with Crippen LogP contribution in [0.2, 0.25) is 0 Å².